The molecule has 1 N–H and O–H groups in total. The number of nitrogens with one attached hydrogen (secondary N) is 1. The lowest BCUT2D eigenvalue weighted by Crippen LogP contribution is -2.20. The van der Waals surface area contributed by atoms with E-state index in [0.29, 0.717) is 30.8 Å². The maximum absolute atomic E-state index is 12.4. The van der Waals surface area contributed by atoms with Gasteiger partial charge in [0.15, 0.2) is 0 Å². The highest BCUT2D eigenvalue weighted by Crippen LogP contribution is 2.19. The maximum Gasteiger partial charge on any atom is 0.283 e. The van der Waals surface area contributed by atoms with Crippen molar-refractivity contribution in [2.75, 3.05) is 18.9 Å². The van der Waals surface area contributed by atoms with Crippen molar-refractivity contribution >= 4 is 38.8 Å². The third kappa shape index (κ3) is 4.70. The molecule has 1 amide bonds. The second-order valence-corrected chi connectivity index (χ2v) is 8.80. The summed E-state index contributed by atoms with van der Waals surface area (Å²) in [6.45, 7) is 0.824. The van der Waals surface area contributed by atoms with Gasteiger partial charge in [-0.25, -0.2) is 0 Å². The Morgan fingerprint density at radius 3 is 2.65 bits per heavy atom. The number of carbonyl (C=O) groups excluding carboxylic acids is 1. The van der Waals surface area contributed by atoms with Crippen LogP contribution in [0.2, 0.25) is 0 Å². The number of sulfonamides is 1. The summed E-state index contributed by atoms with van der Waals surface area (Å²) < 4.78 is 28.7. The Hall–Kier alpha value is -2.19. The van der Waals surface area contributed by atoms with Gasteiger partial charge in [-0.05, 0) is 48.6 Å². The molecule has 0 unspecified atom stereocenters. The highest BCUT2D eigenvalue weighted by molar-refractivity contribution is 7.90. The Bertz CT molecular complexity index is 888. The zero-order valence-corrected chi connectivity index (χ0v) is 16.1. The van der Waals surface area contributed by atoms with Crippen molar-refractivity contribution < 1.29 is 13.2 Å². The summed E-state index contributed by atoms with van der Waals surface area (Å²) in [6.07, 6.45) is 2.68. The van der Waals surface area contributed by atoms with E-state index in [4.69, 9.17) is 0 Å². The summed E-state index contributed by atoms with van der Waals surface area (Å²) >= 11 is 1.63. The number of nitrogens with zero attached hydrogens (tertiary/aromatic N) is 2. The lowest BCUT2D eigenvalue weighted by Gasteiger charge is -2.11. The van der Waals surface area contributed by atoms with E-state index in [0.717, 1.165) is 17.8 Å². The number of hydrogen-bond acceptors (Lipinski definition) is 4. The first-order valence-electron chi connectivity index (χ1n) is 8.41. The fourth-order valence-electron chi connectivity index (χ4n) is 2.73. The second kappa shape index (κ2) is 8.01. The van der Waals surface area contributed by atoms with Crippen molar-refractivity contribution in [1.29, 1.82) is 0 Å². The van der Waals surface area contributed by atoms with E-state index >= 15 is 0 Å². The predicted molar refractivity (Wildman–Crippen MR) is 104 cm³/mol. The number of rotatable bonds is 6. The van der Waals surface area contributed by atoms with E-state index in [1.54, 1.807) is 23.5 Å². The van der Waals surface area contributed by atoms with Gasteiger partial charge in [0.1, 0.15) is 5.84 Å². The minimum Gasteiger partial charge on any atom is -0.362 e. The molecular formula is C18H21N3O3S2. The molecule has 3 rings (SSSR count). The van der Waals surface area contributed by atoms with Crippen LogP contribution in [-0.2, 0) is 21.2 Å². The summed E-state index contributed by atoms with van der Waals surface area (Å²) in [7, 11) is -1.88. The fraction of sp³-hybridized carbons (Fsp3) is 0.333. The lowest BCUT2D eigenvalue weighted by atomic mass is 10.2. The van der Waals surface area contributed by atoms with Gasteiger partial charge in [-0.15, -0.1) is 15.7 Å². The number of amides is 1. The number of likely N-dealkylation sites (tertiary alicyclic amines) is 1. The highest BCUT2D eigenvalue weighted by Gasteiger charge is 2.20. The van der Waals surface area contributed by atoms with Crippen LogP contribution in [0.15, 0.2) is 51.1 Å². The number of hydrogen-bond donors (Lipinski definition) is 1. The molecule has 1 aromatic carbocycles. The first-order chi connectivity index (χ1) is 12.4. The molecule has 26 heavy (non-hydrogen) atoms. The van der Waals surface area contributed by atoms with Crippen molar-refractivity contribution in [3.05, 3.63) is 46.7 Å². The summed E-state index contributed by atoms with van der Waals surface area (Å²) in [6, 6.07) is 10.1. The van der Waals surface area contributed by atoms with E-state index in [9.17, 15) is 13.2 Å². The molecule has 0 spiro atoms. The minimum atomic E-state index is -3.73. The van der Waals surface area contributed by atoms with E-state index in [-0.39, 0.29) is 10.8 Å². The fourth-order valence-corrected chi connectivity index (χ4v) is 4.53. The number of benzene rings is 1. The Morgan fingerprint density at radius 1 is 1.27 bits per heavy atom. The molecule has 1 aliphatic heterocycles. The Kier molecular flexibility index (Phi) is 5.73. The van der Waals surface area contributed by atoms with Gasteiger partial charge in [-0.3, -0.25) is 4.79 Å². The molecule has 2 aromatic rings. The molecule has 0 bridgehead atoms. The first kappa shape index (κ1) is 18.6. The van der Waals surface area contributed by atoms with Crippen LogP contribution in [0.4, 0.5) is 5.69 Å². The average Bonchev–Trinajstić information content (AvgIpc) is 3.26. The summed E-state index contributed by atoms with van der Waals surface area (Å²) in [5.74, 6) is 0.498. The second-order valence-electron chi connectivity index (χ2n) is 6.16. The molecule has 2 heterocycles. The van der Waals surface area contributed by atoms with Crippen LogP contribution >= 0.6 is 11.3 Å². The molecule has 138 valence electrons. The van der Waals surface area contributed by atoms with E-state index < -0.39 is 10.0 Å². The number of anilines is 1. The molecule has 0 aliphatic carbocycles. The Morgan fingerprint density at radius 2 is 2.04 bits per heavy atom. The van der Waals surface area contributed by atoms with E-state index in [1.165, 1.54) is 12.1 Å². The average molecular weight is 392 g/mol. The highest BCUT2D eigenvalue weighted by atomic mass is 32.2. The van der Waals surface area contributed by atoms with Gasteiger partial charge in [0.2, 0.25) is 5.91 Å². The van der Waals surface area contributed by atoms with Crippen molar-refractivity contribution in [1.82, 2.24) is 4.90 Å². The molecule has 6 nitrogen and oxygen atoms in total. The van der Waals surface area contributed by atoms with Gasteiger partial charge < -0.3 is 10.2 Å². The smallest absolute Gasteiger partial charge is 0.283 e. The molecule has 1 saturated heterocycles. The van der Waals surface area contributed by atoms with Crippen LogP contribution in [0.5, 0.6) is 0 Å². The summed E-state index contributed by atoms with van der Waals surface area (Å²) in [5.41, 5.74) is 0.575. The molecule has 1 aromatic heterocycles. The number of carbonyl (C=O) groups is 1. The molecule has 0 atom stereocenters. The van der Waals surface area contributed by atoms with Crippen LogP contribution < -0.4 is 5.32 Å². The van der Waals surface area contributed by atoms with Crippen LogP contribution in [0.3, 0.4) is 0 Å². The van der Waals surface area contributed by atoms with E-state index in [1.807, 2.05) is 29.5 Å². The van der Waals surface area contributed by atoms with Gasteiger partial charge in [0, 0.05) is 37.0 Å². The molecular weight excluding hydrogens is 370 g/mol. The van der Waals surface area contributed by atoms with E-state index in [2.05, 4.69) is 9.71 Å². The third-order valence-electron chi connectivity index (χ3n) is 4.17. The predicted octanol–water partition coefficient (Wildman–Crippen LogP) is 3.13. The zero-order chi connectivity index (χ0) is 18.6. The van der Waals surface area contributed by atoms with Crippen molar-refractivity contribution in [3.8, 4) is 0 Å². The van der Waals surface area contributed by atoms with Crippen LogP contribution in [0, 0.1) is 0 Å². The molecule has 0 radical (unpaired) electrons. The van der Waals surface area contributed by atoms with Crippen molar-refractivity contribution in [2.45, 2.75) is 30.6 Å². The third-order valence-corrected chi connectivity index (χ3v) is 6.43. The Balaban J connectivity index is 1.61. The van der Waals surface area contributed by atoms with Gasteiger partial charge in [0.25, 0.3) is 10.0 Å². The number of thiophene rings is 1. The first-order valence-corrected chi connectivity index (χ1v) is 10.7. The normalized spacial score (nSPS) is 16.2. The van der Waals surface area contributed by atoms with Crippen molar-refractivity contribution in [2.24, 2.45) is 4.40 Å². The van der Waals surface area contributed by atoms with Crippen LogP contribution in [-0.4, -0.2) is 38.7 Å². The monoisotopic (exact) mass is 391 g/mol. The number of aryl methyl sites for hydroxylation is 1. The summed E-state index contributed by atoms with van der Waals surface area (Å²) in [4.78, 5) is 15.2. The molecule has 1 fully saturated rings. The quantitative estimate of drug-likeness (QED) is 0.820. The topological polar surface area (TPSA) is 78.8 Å². The maximum atomic E-state index is 12.4. The SMILES string of the molecule is CN1CCCC1=NS(=O)(=O)c1ccc(NC(=O)CCc2cccs2)cc1. The van der Waals surface area contributed by atoms with Crippen molar-refractivity contribution in [3.63, 3.8) is 0 Å². The Labute approximate surface area is 157 Å². The van der Waals surface area contributed by atoms with Gasteiger partial charge in [0.05, 0.1) is 4.90 Å². The van der Waals surface area contributed by atoms with Gasteiger partial charge in [-0.1, -0.05) is 6.07 Å². The number of amidine groups is 1. The van der Waals surface area contributed by atoms with Crippen LogP contribution in [0.25, 0.3) is 0 Å². The zero-order valence-electron chi connectivity index (χ0n) is 14.5. The molecule has 0 saturated carbocycles. The summed E-state index contributed by atoms with van der Waals surface area (Å²) in [5, 5.41) is 4.78. The van der Waals surface area contributed by atoms with Gasteiger partial charge >= 0.3 is 0 Å². The van der Waals surface area contributed by atoms with Crippen LogP contribution in [0.1, 0.15) is 24.1 Å². The lowest BCUT2D eigenvalue weighted by molar-refractivity contribution is -0.116. The standard InChI is InChI=1S/C18H21N3O3S2/c1-21-12-2-5-17(21)20-26(23,24)16-9-6-14(7-10-16)19-18(22)11-8-15-4-3-13-25-15/h3-4,6-7,9-10,13H,2,5,8,11-12H2,1H3,(H,19,22). The molecule has 8 heteroatoms. The molecule has 1 aliphatic rings. The van der Waals surface area contributed by atoms with Gasteiger partial charge in [-0.2, -0.15) is 8.42 Å². The minimum absolute atomic E-state index is 0.0955. The largest absolute Gasteiger partial charge is 0.362 e.